The van der Waals surface area contributed by atoms with Gasteiger partial charge in [-0.2, -0.15) is 52.7 Å². The Labute approximate surface area is 151 Å². The van der Waals surface area contributed by atoms with Crippen molar-refractivity contribution in [3.8, 4) is 5.75 Å². The first kappa shape index (κ1) is 22.9. The Morgan fingerprint density at radius 2 is 1.21 bits per heavy atom. The van der Waals surface area contributed by atoms with E-state index in [0.717, 1.165) is 17.4 Å². The molecule has 4 nitrogen and oxygen atoms in total. The Hall–Kier alpha value is -2.39. The van der Waals surface area contributed by atoms with Crippen LogP contribution in [0.15, 0.2) is 24.3 Å². The molecule has 164 valence electrons. The number of carbonyl (C=O) groups excluding carboxylic acids is 1. The van der Waals surface area contributed by atoms with Gasteiger partial charge in [0.2, 0.25) is 0 Å². The number of halogens is 12. The normalized spacial score (nSPS) is 23.0. The zero-order valence-electron chi connectivity index (χ0n) is 13.1. The van der Waals surface area contributed by atoms with Gasteiger partial charge in [0.25, 0.3) is 0 Å². The zero-order chi connectivity index (χ0) is 22.8. The van der Waals surface area contributed by atoms with Gasteiger partial charge in [-0.05, 0) is 24.3 Å². The van der Waals surface area contributed by atoms with Crippen LogP contribution in [0.25, 0.3) is 0 Å². The number of benzene rings is 1. The van der Waals surface area contributed by atoms with Gasteiger partial charge in [0, 0.05) is 5.69 Å². The smallest absolute Gasteiger partial charge is 0.401 e. The summed E-state index contributed by atoms with van der Waals surface area (Å²) in [5, 5.41) is 9.90. The molecule has 0 unspecified atom stereocenters. The molecule has 1 heterocycles. The lowest BCUT2D eigenvalue weighted by atomic mass is 10.2. The van der Waals surface area contributed by atoms with Crippen LogP contribution in [0.1, 0.15) is 0 Å². The van der Waals surface area contributed by atoms with Crippen molar-refractivity contribution in [3.63, 3.8) is 0 Å². The summed E-state index contributed by atoms with van der Waals surface area (Å²) in [7, 11) is 0. The third kappa shape index (κ3) is 2.78. The minimum atomic E-state index is -7.22. The molecule has 1 saturated heterocycles. The highest BCUT2D eigenvalue weighted by Gasteiger charge is 2.98. The van der Waals surface area contributed by atoms with Gasteiger partial charge in [-0.15, -0.1) is 4.90 Å². The SMILES string of the molecule is O=C(Nc1ccc(O)cc1)C(F)(F)C(F)(F)N1C(F)(F)C(F)(F)C(F)(F)C1(F)F. The number of hydrogen-bond donors (Lipinski definition) is 2. The van der Waals surface area contributed by atoms with E-state index in [-0.39, 0.29) is 0 Å². The summed E-state index contributed by atoms with van der Waals surface area (Å²) < 4.78 is 161. The predicted molar refractivity (Wildman–Crippen MR) is 68.3 cm³/mol. The van der Waals surface area contributed by atoms with Crippen LogP contribution in [0.5, 0.6) is 5.75 Å². The highest BCUT2D eigenvalue weighted by Crippen LogP contribution is 2.66. The molecule has 16 heteroatoms. The number of phenolic OH excluding ortho intramolecular Hbond substituents is 1. The predicted octanol–water partition coefficient (Wildman–Crippen LogP) is 4.33. The van der Waals surface area contributed by atoms with Crippen molar-refractivity contribution in [3.05, 3.63) is 24.3 Å². The standard InChI is InChI=1S/C13H6F12N2O2/c14-8(15,7(29)26-5-1-3-6(28)4-2-5)11(20,21)27-12(22,23)9(16,17)10(18,19)13(27,24)25/h1-4,28H,(H,26,29). The summed E-state index contributed by atoms with van der Waals surface area (Å²) in [4.78, 5) is 7.71. The van der Waals surface area contributed by atoms with Crippen LogP contribution in [-0.4, -0.2) is 51.8 Å². The lowest BCUT2D eigenvalue weighted by Crippen LogP contribution is -2.67. The van der Waals surface area contributed by atoms with Crippen molar-refractivity contribution in [1.29, 1.82) is 0 Å². The van der Waals surface area contributed by atoms with E-state index in [0.29, 0.717) is 12.1 Å². The van der Waals surface area contributed by atoms with E-state index in [1.54, 1.807) is 0 Å². The van der Waals surface area contributed by atoms with Gasteiger partial charge in [-0.3, -0.25) is 4.79 Å². The second-order valence-corrected chi connectivity index (χ2v) is 5.68. The lowest BCUT2D eigenvalue weighted by Gasteiger charge is -2.37. The summed E-state index contributed by atoms with van der Waals surface area (Å²) >= 11 is 0. The minimum absolute atomic E-state index is 0.513. The molecule has 0 bridgehead atoms. The molecule has 1 fully saturated rings. The van der Waals surface area contributed by atoms with E-state index in [2.05, 4.69) is 0 Å². The first-order valence-electron chi connectivity index (χ1n) is 6.94. The molecular formula is C13H6F12N2O2. The highest BCUT2D eigenvalue weighted by atomic mass is 19.4. The van der Waals surface area contributed by atoms with Crippen LogP contribution in [0, 0.1) is 0 Å². The fourth-order valence-corrected chi connectivity index (χ4v) is 2.22. The molecule has 2 N–H and O–H groups in total. The molecular weight excluding hydrogens is 444 g/mol. The van der Waals surface area contributed by atoms with Crippen LogP contribution in [0.3, 0.4) is 0 Å². The third-order valence-corrected chi connectivity index (χ3v) is 3.78. The minimum Gasteiger partial charge on any atom is -0.508 e. The molecule has 2 rings (SSSR count). The van der Waals surface area contributed by atoms with Gasteiger partial charge in [-0.1, -0.05) is 0 Å². The first-order chi connectivity index (χ1) is 12.8. The summed E-state index contributed by atoms with van der Waals surface area (Å²) in [6.07, 6.45) is 0. The average Bonchev–Trinajstić information content (AvgIpc) is 2.62. The van der Waals surface area contributed by atoms with E-state index in [1.165, 1.54) is 0 Å². The zero-order valence-corrected chi connectivity index (χ0v) is 13.1. The quantitative estimate of drug-likeness (QED) is 0.408. The van der Waals surface area contributed by atoms with E-state index < -0.39 is 58.2 Å². The van der Waals surface area contributed by atoms with Gasteiger partial charge >= 0.3 is 41.8 Å². The fraction of sp³-hybridized carbons (Fsp3) is 0.462. The second kappa shape index (κ2) is 6.06. The molecule has 1 amide bonds. The van der Waals surface area contributed by atoms with E-state index in [4.69, 9.17) is 5.11 Å². The van der Waals surface area contributed by atoms with Crippen LogP contribution in [0.4, 0.5) is 58.4 Å². The molecule has 1 aliphatic rings. The molecule has 1 aromatic rings. The van der Waals surface area contributed by atoms with E-state index in [1.807, 2.05) is 0 Å². The van der Waals surface area contributed by atoms with Crippen LogP contribution in [-0.2, 0) is 4.79 Å². The molecule has 0 aromatic heterocycles. The maximum Gasteiger partial charge on any atom is 0.401 e. The maximum absolute atomic E-state index is 13.9. The van der Waals surface area contributed by atoms with Crippen molar-refractivity contribution < 1.29 is 62.6 Å². The number of anilines is 1. The van der Waals surface area contributed by atoms with Gasteiger partial charge in [0.15, 0.2) is 0 Å². The molecule has 0 atom stereocenters. The number of nitrogens with one attached hydrogen (secondary N) is 1. The molecule has 1 aliphatic heterocycles. The number of aromatic hydroxyl groups is 1. The lowest BCUT2D eigenvalue weighted by molar-refractivity contribution is -0.399. The molecule has 0 aliphatic carbocycles. The summed E-state index contributed by atoms with van der Waals surface area (Å²) in [6.45, 7) is 0. The number of carbonyl (C=O) groups is 1. The Bertz CT molecular complexity index is 783. The van der Waals surface area contributed by atoms with Gasteiger partial charge in [0.05, 0.1) is 0 Å². The van der Waals surface area contributed by atoms with Gasteiger partial charge in [-0.25, -0.2) is 0 Å². The second-order valence-electron chi connectivity index (χ2n) is 5.68. The monoisotopic (exact) mass is 450 g/mol. The number of nitrogens with zero attached hydrogens (tertiary/aromatic N) is 1. The Balaban J connectivity index is 2.51. The van der Waals surface area contributed by atoms with Crippen LogP contribution in [0.2, 0.25) is 0 Å². The molecule has 0 spiro atoms. The van der Waals surface area contributed by atoms with Crippen LogP contribution < -0.4 is 5.32 Å². The van der Waals surface area contributed by atoms with E-state index >= 15 is 0 Å². The van der Waals surface area contributed by atoms with Crippen molar-refractivity contribution >= 4 is 11.6 Å². The average molecular weight is 450 g/mol. The van der Waals surface area contributed by atoms with Crippen molar-refractivity contribution in [2.45, 2.75) is 35.9 Å². The van der Waals surface area contributed by atoms with Crippen LogP contribution >= 0.6 is 0 Å². The Kier molecular flexibility index (Phi) is 4.78. The summed E-state index contributed by atoms with van der Waals surface area (Å²) in [5.74, 6) is -24.8. The number of rotatable bonds is 4. The Morgan fingerprint density at radius 3 is 1.59 bits per heavy atom. The maximum atomic E-state index is 13.9. The number of phenols is 1. The van der Waals surface area contributed by atoms with Crippen molar-refractivity contribution in [2.75, 3.05) is 5.32 Å². The first-order valence-corrected chi connectivity index (χ1v) is 6.94. The summed E-state index contributed by atoms with van der Waals surface area (Å²) in [5.41, 5.74) is -0.793. The Morgan fingerprint density at radius 1 is 0.828 bits per heavy atom. The van der Waals surface area contributed by atoms with Crippen molar-refractivity contribution in [1.82, 2.24) is 4.90 Å². The van der Waals surface area contributed by atoms with Gasteiger partial charge < -0.3 is 10.4 Å². The topological polar surface area (TPSA) is 52.6 Å². The summed E-state index contributed by atoms with van der Waals surface area (Å²) in [6, 6.07) is -18.9. The highest BCUT2D eigenvalue weighted by molar-refractivity contribution is 5.96. The molecule has 29 heavy (non-hydrogen) atoms. The third-order valence-electron chi connectivity index (χ3n) is 3.78. The number of hydrogen-bond acceptors (Lipinski definition) is 3. The molecule has 0 saturated carbocycles. The van der Waals surface area contributed by atoms with Gasteiger partial charge in [0.1, 0.15) is 5.75 Å². The van der Waals surface area contributed by atoms with Crippen molar-refractivity contribution in [2.24, 2.45) is 0 Å². The fourth-order valence-electron chi connectivity index (χ4n) is 2.22. The molecule has 0 radical (unpaired) electrons. The number of amides is 1. The largest absolute Gasteiger partial charge is 0.508 e. The number of alkyl halides is 12. The van der Waals surface area contributed by atoms with E-state index in [9.17, 15) is 57.5 Å². The molecule has 1 aromatic carbocycles. The number of likely N-dealkylation sites (tertiary alicyclic amines) is 1.